The van der Waals surface area contributed by atoms with E-state index in [1.54, 1.807) is 6.92 Å². The van der Waals surface area contributed by atoms with E-state index in [1.165, 1.54) is 10.7 Å². The molecule has 1 fully saturated rings. The summed E-state index contributed by atoms with van der Waals surface area (Å²) in [5, 5.41) is 3.89. The van der Waals surface area contributed by atoms with Gasteiger partial charge in [0, 0.05) is 44.5 Å². The van der Waals surface area contributed by atoms with Gasteiger partial charge >= 0.3 is 0 Å². The molecule has 1 aliphatic heterocycles. The van der Waals surface area contributed by atoms with Crippen molar-refractivity contribution in [3.05, 3.63) is 34.9 Å². The number of fused-ring (bicyclic) bond motifs is 2. The number of aromatic nitrogens is 4. The van der Waals surface area contributed by atoms with Crippen molar-refractivity contribution in [1.82, 2.24) is 24.6 Å². The number of likely N-dealkylation sites (tertiary alicyclic amines) is 1. The van der Waals surface area contributed by atoms with Gasteiger partial charge in [-0.05, 0) is 44.2 Å². The Bertz CT molecular complexity index is 924. The average molecular weight is 404 g/mol. The SMILES string of the molecule is Cc1cc(C(F)F)nn1CC(=O)N1CCCC2(CCc3cnc(N(C)C)nc32)C1. The molecule has 1 atom stereocenters. The number of aryl methyl sites for hydroxylation is 2. The second kappa shape index (κ2) is 7.35. The second-order valence-electron chi connectivity index (χ2n) is 8.31. The van der Waals surface area contributed by atoms with Crippen LogP contribution in [0.4, 0.5) is 14.7 Å². The normalized spacial score (nSPS) is 21.1. The molecule has 2 aliphatic rings. The van der Waals surface area contributed by atoms with Crippen LogP contribution in [0.5, 0.6) is 0 Å². The van der Waals surface area contributed by atoms with Crippen molar-refractivity contribution in [3.8, 4) is 0 Å². The van der Waals surface area contributed by atoms with Crippen molar-refractivity contribution in [1.29, 1.82) is 0 Å². The first-order valence-electron chi connectivity index (χ1n) is 9.93. The molecule has 29 heavy (non-hydrogen) atoms. The molecular formula is C20H26F2N6O. The standard InChI is InChI=1S/C20H26F2N6O/c1-13-9-15(18(21)22)25-28(13)11-16(29)27-8-4-6-20(12-27)7-5-14-10-23-19(26(2)3)24-17(14)20/h9-10,18H,4-8,11-12H2,1-3H3. The minimum atomic E-state index is -2.64. The Kier molecular flexibility index (Phi) is 5.00. The molecule has 1 saturated heterocycles. The summed E-state index contributed by atoms with van der Waals surface area (Å²) in [5.74, 6) is 0.589. The number of hydrogen-bond donors (Lipinski definition) is 0. The van der Waals surface area contributed by atoms with E-state index in [9.17, 15) is 13.6 Å². The average Bonchev–Trinajstić information content (AvgIpc) is 3.23. The molecule has 2 aromatic heterocycles. The molecule has 1 aliphatic carbocycles. The van der Waals surface area contributed by atoms with Crippen LogP contribution in [0.2, 0.25) is 0 Å². The lowest BCUT2D eigenvalue weighted by Gasteiger charge is -2.40. The maximum absolute atomic E-state index is 13.0. The van der Waals surface area contributed by atoms with E-state index in [2.05, 4.69) is 10.1 Å². The molecule has 156 valence electrons. The Morgan fingerprint density at radius 2 is 2.14 bits per heavy atom. The number of nitrogens with zero attached hydrogens (tertiary/aromatic N) is 6. The molecule has 1 unspecified atom stereocenters. The van der Waals surface area contributed by atoms with Crippen LogP contribution in [0.3, 0.4) is 0 Å². The first kappa shape index (κ1) is 19.7. The number of piperidine rings is 1. The molecule has 1 spiro atoms. The number of halogens is 2. The number of anilines is 1. The third kappa shape index (κ3) is 3.58. The van der Waals surface area contributed by atoms with Crippen LogP contribution in [0.25, 0.3) is 0 Å². The van der Waals surface area contributed by atoms with Gasteiger partial charge < -0.3 is 9.80 Å². The Morgan fingerprint density at radius 3 is 2.83 bits per heavy atom. The van der Waals surface area contributed by atoms with E-state index in [0.29, 0.717) is 24.7 Å². The number of carbonyl (C=O) groups excluding carboxylic acids is 1. The zero-order chi connectivity index (χ0) is 20.8. The number of amides is 1. The van der Waals surface area contributed by atoms with Crippen molar-refractivity contribution >= 4 is 11.9 Å². The van der Waals surface area contributed by atoms with Crippen molar-refractivity contribution in [2.24, 2.45) is 0 Å². The second-order valence-corrected chi connectivity index (χ2v) is 8.31. The maximum atomic E-state index is 13.0. The highest BCUT2D eigenvalue weighted by atomic mass is 19.3. The Balaban J connectivity index is 1.54. The van der Waals surface area contributed by atoms with Crippen LogP contribution in [0, 0.1) is 6.92 Å². The van der Waals surface area contributed by atoms with Gasteiger partial charge in [-0.25, -0.2) is 18.7 Å². The summed E-state index contributed by atoms with van der Waals surface area (Å²) >= 11 is 0. The lowest BCUT2D eigenvalue weighted by molar-refractivity contribution is -0.134. The highest BCUT2D eigenvalue weighted by molar-refractivity contribution is 5.76. The molecule has 0 bridgehead atoms. The zero-order valence-corrected chi connectivity index (χ0v) is 17.0. The largest absolute Gasteiger partial charge is 0.347 e. The minimum Gasteiger partial charge on any atom is -0.347 e. The first-order valence-corrected chi connectivity index (χ1v) is 9.93. The molecule has 9 heteroatoms. The smallest absolute Gasteiger partial charge is 0.282 e. The fraction of sp³-hybridized carbons (Fsp3) is 0.600. The fourth-order valence-corrected chi connectivity index (χ4v) is 4.52. The summed E-state index contributed by atoms with van der Waals surface area (Å²) in [5.41, 5.74) is 2.35. The van der Waals surface area contributed by atoms with Gasteiger partial charge in [0.25, 0.3) is 6.43 Å². The molecule has 0 saturated carbocycles. The topological polar surface area (TPSA) is 67.2 Å². The fourth-order valence-electron chi connectivity index (χ4n) is 4.52. The van der Waals surface area contributed by atoms with Gasteiger partial charge in [0.15, 0.2) is 0 Å². The summed E-state index contributed by atoms with van der Waals surface area (Å²) in [6.07, 6.45) is 3.03. The molecule has 1 amide bonds. The predicted molar refractivity (Wildman–Crippen MR) is 104 cm³/mol. The number of alkyl halides is 2. The van der Waals surface area contributed by atoms with E-state index in [4.69, 9.17) is 4.98 Å². The molecular weight excluding hydrogens is 378 g/mol. The van der Waals surface area contributed by atoms with E-state index < -0.39 is 6.43 Å². The highest BCUT2D eigenvalue weighted by Gasteiger charge is 2.44. The van der Waals surface area contributed by atoms with Crippen LogP contribution in [0.15, 0.2) is 12.3 Å². The number of carbonyl (C=O) groups is 1. The summed E-state index contributed by atoms with van der Waals surface area (Å²) in [6.45, 7) is 2.94. The van der Waals surface area contributed by atoms with E-state index >= 15 is 0 Å². The van der Waals surface area contributed by atoms with Crippen molar-refractivity contribution in [3.63, 3.8) is 0 Å². The van der Waals surface area contributed by atoms with Gasteiger partial charge in [-0.1, -0.05) is 0 Å². The van der Waals surface area contributed by atoms with E-state index in [0.717, 1.165) is 36.9 Å². The third-order valence-corrected chi connectivity index (χ3v) is 6.07. The minimum absolute atomic E-state index is 0.0196. The van der Waals surface area contributed by atoms with Crippen molar-refractivity contribution in [2.45, 2.75) is 51.0 Å². The molecule has 0 N–H and O–H groups in total. The van der Waals surface area contributed by atoms with Gasteiger partial charge in [-0.15, -0.1) is 0 Å². The van der Waals surface area contributed by atoms with Crippen molar-refractivity contribution in [2.75, 3.05) is 32.1 Å². The van der Waals surface area contributed by atoms with E-state index in [-0.39, 0.29) is 23.6 Å². The van der Waals surface area contributed by atoms with Crippen LogP contribution < -0.4 is 4.90 Å². The molecule has 2 aromatic rings. The van der Waals surface area contributed by atoms with E-state index in [1.807, 2.05) is 30.1 Å². The zero-order valence-electron chi connectivity index (χ0n) is 17.0. The van der Waals surface area contributed by atoms with Crippen LogP contribution in [-0.4, -0.2) is 57.7 Å². The van der Waals surface area contributed by atoms with Gasteiger partial charge in [-0.3, -0.25) is 9.48 Å². The lowest BCUT2D eigenvalue weighted by atomic mass is 9.77. The summed E-state index contributed by atoms with van der Waals surface area (Å²) in [7, 11) is 3.83. The van der Waals surface area contributed by atoms with Gasteiger partial charge in [0.05, 0.1) is 5.69 Å². The molecule has 0 aromatic carbocycles. The van der Waals surface area contributed by atoms with Gasteiger partial charge in [0.2, 0.25) is 11.9 Å². The molecule has 0 radical (unpaired) electrons. The van der Waals surface area contributed by atoms with Crippen molar-refractivity contribution < 1.29 is 13.6 Å². The maximum Gasteiger partial charge on any atom is 0.282 e. The molecule has 4 rings (SSSR count). The Morgan fingerprint density at radius 1 is 1.34 bits per heavy atom. The highest BCUT2D eigenvalue weighted by Crippen LogP contribution is 2.44. The monoisotopic (exact) mass is 404 g/mol. The van der Waals surface area contributed by atoms with Crippen LogP contribution >= 0.6 is 0 Å². The summed E-state index contributed by atoms with van der Waals surface area (Å²) in [4.78, 5) is 25.9. The summed E-state index contributed by atoms with van der Waals surface area (Å²) < 4.78 is 27.2. The quantitative estimate of drug-likeness (QED) is 0.783. The molecule has 7 nitrogen and oxygen atoms in total. The Labute approximate surface area is 168 Å². The van der Waals surface area contributed by atoms with Gasteiger partial charge in [0.1, 0.15) is 12.2 Å². The first-order chi connectivity index (χ1) is 13.8. The Hall–Kier alpha value is -2.58. The lowest BCUT2D eigenvalue weighted by Crippen LogP contribution is -2.49. The summed E-state index contributed by atoms with van der Waals surface area (Å²) in [6, 6.07) is 1.34. The van der Waals surface area contributed by atoms with Crippen LogP contribution in [0.1, 0.15) is 48.3 Å². The number of rotatable bonds is 4. The van der Waals surface area contributed by atoms with Gasteiger partial charge in [-0.2, -0.15) is 5.10 Å². The molecule has 3 heterocycles. The van der Waals surface area contributed by atoms with Crippen LogP contribution in [-0.2, 0) is 23.2 Å². The third-order valence-electron chi connectivity index (χ3n) is 6.07. The predicted octanol–water partition coefficient (Wildman–Crippen LogP) is 2.49. The number of hydrogen-bond acceptors (Lipinski definition) is 5.